The van der Waals surface area contributed by atoms with Gasteiger partial charge in [0.2, 0.25) is 5.89 Å². The molecule has 1 N–H and O–H groups in total. The molecule has 0 saturated heterocycles. The molecule has 0 radical (unpaired) electrons. The van der Waals surface area contributed by atoms with Gasteiger partial charge in [0, 0.05) is 16.7 Å². The monoisotopic (exact) mass is 296 g/mol. The minimum Gasteiger partial charge on any atom is -0.418 e. The topological polar surface area (TPSA) is 63.8 Å². The van der Waals surface area contributed by atoms with Crippen molar-refractivity contribution in [1.29, 1.82) is 0 Å². The summed E-state index contributed by atoms with van der Waals surface area (Å²) in [6.45, 7) is 4.69. The van der Waals surface area contributed by atoms with E-state index >= 15 is 0 Å². The quantitative estimate of drug-likeness (QED) is 0.938. The van der Waals surface area contributed by atoms with E-state index in [1.165, 1.54) is 0 Å². The molecule has 5 nitrogen and oxygen atoms in total. The van der Waals surface area contributed by atoms with Crippen LogP contribution in [0, 0.1) is 0 Å². The van der Waals surface area contributed by atoms with E-state index in [2.05, 4.69) is 50.3 Å². The fourth-order valence-electron chi connectivity index (χ4n) is 1.26. The molecule has 0 unspecified atom stereocenters. The van der Waals surface area contributed by atoms with Crippen LogP contribution in [0.4, 0.5) is 0 Å². The van der Waals surface area contributed by atoms with Gasteiger partial charge >= 0.3 is 0 Å². The second kappa shape index (κ2) is 5.37. The van der Waals surface area contributed by atoms with E-state index in [-0.39, 0.29) is 0 Å². The molecule has 0 bridgehead atoms. The van der Waals surface area contributed by atoms with Crippen molar-refractivity contribution in [1.82, 2.24) is 20.5 Å². The van der Waals surface area contributed by atoms with Crippen LogP contribution in [-0.4, -0.2) is 21.2 Å². The van der Waals surface area contributed by atoms with Gasteiger partial charge in [-0.05, 0) is 28.1 Å². The lowest BCUT2D eigenvalue weighted by Gasteiger charge is -2.03. The number of rotatable bonds is 4. The lowest BCUT2D eigenvalue weighted by molar-refractivity contribution is 0.458. The Morgan fingerprint density at radius 1 is 1.41 bits per heavy atom. The van der Waals surface area contributed by atoms with Gasteiger partial charge in [0.15, 0.2) is 0 Å². The second-order valence-corrected chi connectivity index (χ2v) is 4.72. The van der Waals surface area contributed by atoms with Crippen molar-refractivity contribution < 1.29 is 4.42 Å². The van der Waals surface area contributed by atoms with Gasteiger partial charge in [-0.1, -0.05) is 13.8 Å². The minimum absolute atomic E-state index is 0.381. The van der Waals surface area contributed by atoms with Crippen molar-refractivity contribution in [2.45, 2.75) is 26.4 Å². The second-order valence-electron chi connectivity index (χ2n) is 3.87. The van der Waals surface area contributed by atoms with Crippen molar-refractivity contribution >= 4 is 15.9 Å². The molecule has 90 valence electrons. The third-order valence-electron chi connectivity index (χ3n) is 2.09. The first-order chi connectivity index (χ1) is 8.16. The summed E-state index contributed by atoms with van der Waals surface area (Å²) in [6.07, 6.45) is 1.69. The first kappa shape index (κ1) is 12.2. The normalized spacial score (nSPS) is 11.1. The standard InChI is InChI=1S/C11H13BrN4O/c1-7(2)14-6-9-15-16-11(17-9)10-8(12)4-3-5-13-10/h3-5,7,14H,6H2,1-2H3. The average Bonchev–Trinajstić information content (AvgIpc) is 2.75. The fourth-order valence-corrected chi connectivity index (χ4v) is 1.68. The van der Waals surface area contributed by atoms with Crippen LogP contribution in [0.25, 0.3) is 11.6 Å². The highest BCUT2D eigenvalue weighted by atomic mass is 79.9. The highest BCUT2D eigenvalue weighted by molar-refractivity contribution is 9.10. The van der Waals surface area contributed by atoms with E-state index < -0.39 is 0 Å². The van der Waals surface area contributed by atoms with Gasteiger partial charge in [0.1, 0.15) is 5.69 Å². The highest BCUT2D eigenvalue weighted by Gasteiger charge is 2.12. The molecule has 17 heavy (non-hydrogen) atoms. The first-order valence-electron chi connectivity index (χ1n) is 5.33. The summed E-state index contributed by atoms with van der Waals surface area (Å²) < 4.78 is 6.36. The molecule has 0 aliphatic carbocycles. The Morgan fingerprint density at radius 2 is 2.24 bits per heavy atom. The zero-order chi connectivity index (χ0) is 12.3. The van der Waals surface area contributed by atoms with Crippen molar-refractivity contribution in [3.8, 4) is 11.6 Å². The van der Waals surface area contributed by atoms with Gasteiger partial charge in [0.05, 0.1) is 6.54 Å². The van der Waals surface area contributed by atoms with Gasteiger partial charge in [0.25, 0.3) is 5.89 Å². The summed E-state index contributed by atoms with van der Waals surface area (Å²) in [5, 5.41) is 11.2. The summed E-state index contributed by atoms with van der Waals surface area (Å²) >= 11 is 3.40. The third-order valence-corrected chi connectivity index (χ3v) is 2.73. The number of pyridine rings is 1. The zero-order valence-corrected chi connectivity index (χ0v) is 11.2. The molecule has 2 aromatic rings. The van der Waals surface area contributed by atoms with E-state index in [1.54, 1.807) is 6.20 Å². The molecule has 0 spiro atoms. The summed E-state index contributed by atoms with van der Waals surface area (Å²) in [7, 11) is 0. The molecule has 2 heterocycles. The van der Waals surface area contributed by atoms with Gasteiger partial charge in [-0.25, -0.2) is 4.98 Å². The van der Waals surface area contributed by atoms with Crippen molar-refractivity contribution in [3.63, 3.8) is 0 Å². The predicted molar refractivity (Wildman–Crippen MR) is 67.2 cm³/mol. The molecule has 0 aromatic carbocycles. The Bertz CT molecular complexity index is 498. The average molecular weight is 297 g/mol. The van der Waals surface area contributed by atoms with E-state index in [0.717, 1.165) is 4.47 Å². The van der Waals surface area contributed by atoms with E-state index in [0.29, 0.717) is 30.1 Å². The maximum Gasteiger partial charge on any atom is 0.267 e. The third kappa shape index (κ3) is 3.10. The first-order valence-corrected chi connectivity index (χ1v) is 6.13. The number of hydrogen-bond donors (Lipinski definition) is 1. The van der Waals surface area contributed by atoms with E-state index in [4.69, 9.17) is 4.42 Å². The van der Waals surface area contributed by atoms with Crippen molar-refractivity contribution in [2.75, 3.05) is 0 Å². The van der Waals surface area contributed by atoms with Gasteiger partial charge in [-0.15, -0.1) is 10.2 Å². The molecule has 2 aromatic heterocycles. The van der Waals surface area contributed by atoms with Crippen LogP contribution < -0.4 is 5.32 Å². The maximum absolute atomic E-state index is 5.52. The summed E-state index contributed by atoms with van der Waals surface area (Å²) in [6, 6.07) is 4.11. The SMILES string of the molecule is CC(C)NCc1nnc(-c2ncccc2Br)o1. The predicted octanol–water partition coefficient (Wildman–Crippen LogP) is 2.39. The Hall–Kier alpha value is -1.27. The molecule has 6 heteroatoms. The van der Waals surface area contributed by atoms with Gasteiger partial charge in [-0.3, -0.25) is 0 Å². The molecule has 0 atom stereocenters. The molecular weight excluding hydrogens is 284 g/mol. The van der Waals surface area contributed by atoms with E-state index in [9.17, 15) is 0 Å². The lowest BCUT2D eigenvalue weighted by Crippen LogP contribution is -2.21. The number of aromatic nitrogens is 3. The maximum atomic E-state index is 5.52. The zero-order valence-electron chi connectivity index (χ0n) is 9.64. The van der Waals surface area contributed by atoms with Crippen LogP contribution in [-0.2, 0) is 6.54 Å². The molecule has 0 saturated carbocycles. The summed E-state index contributed by atoms with van der Waals surface area (Å²) in [5.74, 6) is 0.990. The van der Waals surface area contributed by atoms with Crippen LogP contribution in [0.2, 0.25) is 0 Å². The lowest BCUT2D eigenvalue weighted by atomic mass is 10.3. The summed E-state index contributed by atoms with van der Waals surface area (Å²) in [4.78, 5) is 4.19. The molecule has 0 fully saturated rings. The van der Waals surface area contributed by atoms with Gasteiger partial charge in [-0.2, -0.15) is 0 Å². The van der Waals surface area contributed by atoms with Crippen molar-refractivity contribution in [2.24, 2.45) is 0 Å². The molecular formula is C11H13BrN4O. The Balaban J connectivity index is 2.16. The fraction of sp³-hybridized carbons (Fsp3) is 0.364. The molecule has 0 aliphatic heterocycles. The van der Waals surface area contributed by atoms with Crippen LogP contribution >= 0.6 is 15.9 Å². The number of nitrogens with zero attached hydrogens (tertiary/aromatic N) is 3. The minimum atomic E-state index is 0.381. The Labute approximate surface area is 108 Å². The summed E-state index contributed by atoms with van der Waals surface area (Å²) in [5.41, 5.74) is 0.663. The largest absolute Gasteiger partial charge is 0.418 e. The van der Waals surface area contributed by atoms with Crippen LogP contribution in [0.15, 0.2) is 27.2 Å². The Kier molecular flexibility index (Phi) is 3.86. The van der Waals surface area contributed by atoms with Crippen LogP contribution in [0.3, 0.4) is 0 Å². The smallest absolute Gasteiger partial charge is 0.267 e. The number of nitrogens with one attached hydrogen (secondary N) is 1. The molecule has 2 rings (SSSR count). The number of halogens is 1. The van der Waals surface area contributed by atoms with Crippen LogP contribution in [0.5, 0.6) is 0 Å². The van der Waals surface area contributed by atoms with Crippen molar-refractivity contribution in [3.05, 3.63) is 28.7 Å². The highest BCUT2D eigenvalue weighted by Crippen LogP contribution is 2.24. The molecule has 0 amide bonds. The number of hydrogen-bond acceptors (Lipinski definition) is 5. The Morgan fingerprint density at radius 3 is 2.94 bits per heavy atom. The molecule has 0 aliphatic rings. The van der Waals surface area contributed by atoms with Gasteiger partial charge < -0.3 is 9.73 Å². The van der Waals surface area contributed by atoms with E-state index in [1.807, 2.05) is 12.1 Å². The van der Waals surface area contributed by atoms with Crippen LogP contribution in [0.1, 0.15) is 19.7 Å².